The lowest BCUT2D eigenvalue weighted by Gasteiger charge is -2.11. The van der Waals surface area contributed by atoms with Gasteiger partial charge in [-0.1, -0.05) is 42.5 Å². The van der Waals surface area contributed by atoms with Gasteiger partial charge >= 0.3 is 0 Å². The van der Waals surface area contributed by atoms with Crippen LogP contribution in [0.2, 0.25) is 0 Å². The first kappa shape index (κ1) is 21.1. The lowest BCUT2D eigenvalue weighted by atomic mass is 10.0. The highest BCUT2D eigenvalue weighted by atomic mass is 32.2. The molecule has 0 unspecified atom stereocenters. The predicted molar refractivity (Wildman–Crippen MR) is 117 cm³/mol. The lowest BCUT2D eigenvalue weighted by molar-refractivity contribution is -0.118. The molecule has 7 heteroatoms. The molecular formula is C23H20N2O4S. The normalized spacial score (nSPS) is 10.3. The summed E-state index contributed by atoms with van der Waals surface area (Å²) in [5.74, 6) is -0.251. The summed E-state index contributed by atoms with van der Waals surface area (Å²) in [7, 11) is 0. The molecule has 6 nitrogen and oxygen atoms in total. The fourth-order valence-corrected chi connectivity index (χ4v) is 3.39. The third kappa shape index (κ3) is 5.96. The van der Waals surface area contributed by atoms with Gasteiger partial charge in [0, 0.05) is 16.0 Å². The summed E-state index contributed by atoms with van der Waals surface area (Å²) in [6.45, 7) is -0.194. The van der Waals surface area contributed by atoms with Gasteiger partial charge in [-0.05, 0) is 36.4 Å². The number of nitrogens with one attached hydrogen (secondary N) is 1. The number of benzene rings is 3. The summed E-state index contributed by atoms with van der Waals surface area (Å²) in [6, 6.07) is 22.8. The van der Waals surface area contributed by atoms with Gasteiger partial charge in [0.05, 0.1) is 11.4 Å². The number of para-hydroxylation sites is 1. The van der Waals surface area contributed by atoms with Crippen molar-refractivity contribution in [3.05, 3.63) is 90.0 Å². The van der Waals surface area contributed by atoms with E-state index in [4.69, 9.17) is 10.5 Å². The minimum Gasteiger partial charge on any atom is -0.484 e. The van der Waals surface area contributed by atoms with E-state index in [2.05, 4.69) is 5.32 Å². The van der Waals surface area contributed by atoms with E-state index in [1.165, 1.54) is 11.8 Å². The number of ether oxygens (including phenoxy) is 1. The van der Waals surface area contributed by atoms with Gasteiger partial charge in [-0.25, -0.2) is 0 Å². The monoisotopic (exact) mass is 420 g/mol. The fourth-order valence-electron chi connectivity index (χ4n) is 2.64. The first-order valence-corrected chi connectivity index (χ1v) is 10.1. The highest BCUT2D eigenvalue weighted by Gasteiger charge is 2.11. The first-order valence-electron chi connectivity index (χ1n) is 9.15. The molecule has 3 aromatic carbocycles. The molecule has 0 heterocycles. The molecule has 0 saturated heterocycles. The van der Waals surface area contributed by atoms with E-state index in [1.54, 1.807) is 54.6 Å². The van der Waals surface area contributed by atoms with Crippen molar-refractivity contribution in [3.63, 3.8) is 0 Å². The summed E-state index contributed by atoms with van der Waals surface area (Å²) in [4.78, 5) is 36.4. The van der Waals surface area contributed by atoms with Gasteiger partial charge in [-0.2, -0.15) is 0 Å². The minimum atomic E-state index is -0.432. The van der Waals surface area contributed by atoms with Crippen molar-refractivity contribution in [3.8, 4) is 5.75 Å². The van der Waals surface area contributed by atoms with E-state index < -0.39 is 5.91 Å². The Labute approximate surface area is 178 Å². The second-order valence-corrected chi connectivity index (χ2v) is 7.32. The summed E-state index contributed by atoms with van der Waals surface area (Å²) in [5, 5.41) is 2.76. The highest BCUT2D eigenvalue weighted by Crippen LogP contribution is 2.26. The topological polar surface area (TPSA) is 98.5 Å². The second kappa shape index (κ2) is 10.3. The average molecular weight is 420 g/mol. The Kier molecular flexibility index (Phi) is 7.24. The number of hydrogen-bond acceptors (Lipinski definition) is 5. The maximum atomic E-state index is 12.4. The van der Waals surface area contributed by atoms with Gasteiger partial charge in [-0.15, -0.1) is 11.8 Å². The molecule has 0 radical (unpaired) electrons. The van der Waals surface area contributed by atoms with E-state index in [0.29, 0.717) is 22.6 Å². The van der Waals surface area contributed by atoms with Crippen LogP contribution in [-0.2, 0) is 9.59 Å². The number of rotatable bonds is 9. The standard InChI is InChI=1S/C23H20N2O4S/c24-21(26)15-30-20-9-5-4-8-19(20)25-22(27)14-29-18-12-10-17(11-13-18)23(28)16-6-2-1-3-7-16/h1-13H,14-15H2,(H2,24,26)(H,25,27). The molecule has 0 spiro atoms. The van der Waals surface area contributed by atoms with Crippen LogP contribution in [0.4, 0.5) is 5.69 Å². The first-order chi connectivity index (χ1) is 14.5. The maximum Gasteiger partial charge on any atom is 0.262 e. The van der Waals surface area contributed by atoms with Crippen LogP contribution in [0.5, 0.6) is 5.75 Å². The Morgan fingerprint density at radius 3 is 2.17 bits per heavy atom. The number of amides is 2. The van der Waals surface area contributed by atoms with Crippen molar-refractivity contribution < 1.29 is 19.1 Å². The SMILES string of the molecule is NC(=O)CSc1ccccc1NC(=O)COc1ccc(C(=O)c2ccccc2)cc1. The molecule has 3 aromatic rings. The molecule has 0 aliphatic rings. The zero-order chi connectivity index (χ0) is 21.3. The van der Waals surface area contributed by atoms with E-state index in [0.717, 1.165) is 4.90 Å². The number of ketones is 1. The number of carbonyl (C=O) groups is 3. The van der Waals surface area contributed by atoms with Crippen LogP contribution in [0, 0.1) is 0 Å². The number of primary amides is 1. The molecule has 0 aliphatic heterocycles. The zero-order valence-electron chi connectivity index (χ0n) is 16.0. The van der Waals surface area contributed by atoms with Gasteiger partial charge in [0.25, 0.3) is 5.91 Å². The van der Waals surface area contributed by atoms with Crippen LogP contribution < -0.4 is 15.8 Å². The molecule has 0 fully saturated rings. The quantitative estimate of drug-likeness (QED) is 0.408. The van der Waals surface area contributed by atoms with Gasteiger partial charge in [-0.3, -0.25) is 14.4 Å². The minimum absolute atomic E-state index is 0.0787. The number of anilines is 1. The van der Waals surface area contributed by atoms with E-state index in [-0.39, 0.29) is 24.1 Å². The van der Waals surface area contributed by atoms with Crippen molar-refractivity contribution in [2.75, 3.05) is 17.7 Å². The Morgan fingerprint density at radius 2 is 1.47 bits per heavy atom. The molecule has 2 amide bonds. The summed E-state index contributed by atoms with van der Waals surface area (Å²) in [5.41, 5.74) is 6.91. The van der Waals surface area contributed by atoms with Crippen LogP contribution in [0.3, 0.4) is 0 Å². The third-order valence-electron chi connectivity index (χ3n) is 4.05. The van der Waals surface area contributed by atoms with E-state index >= 15 is 0 Å². The predicted octanol–water partition coefficient (Wildman–Crippen LogP) is 3.51. The maximum absolute atomic E-state index is 12.4. The van der Waals surface area contributed by atoms with Crippen molar-refractivity contribution >= 4 is 35.0 Å². The highest BCUT2D eigenvalue weighted by molar-refractivity contribution is 8.00. The van der Waals surface area contributed by atoms with Gasteiger partial charge in [0.1, 0.15) is 5.75 Å². The number of hydrogen-bond donors (Lipinski definition) is 2. The van der Waals surface area contributed by atoms with Crippen LogP contribution in [0.25, 0.3) is 0 Å². The Hall–Kier alpha value is -3.58. The van der Waals surface area contributed by atoms with Gasteiger partial charge in [0.15, 0.2) is 12.4 Å². The molecule has 0 atom stereocenters. The molecule has 3 N–H and O–H groups in total. The smallest absolute Gasteiger partial charge is 0.262 e. The fraction of sp³-hybridized carbons (Fsp3) is 0.0870. The number of nitrogens with two attached hydrogens (primary N) is 1. The molecular weight excluding hydrogens is 400 g/mol. The Balaban J connectivity index is 1.55. The molecule has 0 aromatic heterocycles. The summed E-state index contributed by atoms with van der Waals surface area (Å²) < 4.78 is 5.51. The second-order valence-electron chi connectivity index (χ2n) is 6.31. The van der Waals surface area contributed by atoms with Crippen LogP contribution in [0.1, 0.15) is 15.9 Å². The number of carbonyl (C=O) groups excluding carboxylic acids is 3. The molecule has 0 bridgehead atoms. The largest absolute Gasteiger partial charge is 0.484 e. The Morgan fingerprint density at radius 1 is 0.833 bits per heavy atom. The molecule has 3 rings (SSSR count). The van der Waals surface area contributed by atoms with Crippen molar-refractivity contribution in [1.29, 1.82) is 0 Å². The number of thioether (sulfide) groups is 1. The molecule has 0 aliphatic carbocycles. The van der Waals surface area contributed by atoms with Crippen molar-refractivity contribution in [1.82, 2.24) is 0 Å². The third-order valence-corrected chi connectivity index (χ3v) is 5.15. The van der Waals surface area contributed by atoms with Crippen LogP contribution in [0.15, 0.2) is 83.8 Å². The summed E-state index contributed by atoms with van der Waals surface area (Å²) >= 11 is 1.25. The zero-order valence-corrected chi connectivity index (χ0v) is 16.9. The van der Waals surface area contributed by atoms with Crippen molar-refractivity contribution in [2.24, 2.45) is 5.73 Å². The van der Waals surface area contributed by atoms with E-state index in [1.807, 2.05) is 24.3 Å². The molecule has 0 saturated carbocycles. The van der Waals surface area contributed by atoms with Crippen molar-refractivity contribution in [2.45, 2.75) is 4.90 Å². The van der Waals surface area contributed by atoms with Gasteiger partial charge < -0.3 is 15.8 Å². The molecule has 152 valence electrons. The lowest BCUT2D eigenvalue weighted by Crippen LogP contribution is -2.20. The average Bonchev–Trinajstić information content (AvgIpc) is 2.77. The van der Waals surface area contributed by atoms with Crippen LogP contribution >= 0.6 is 11.8 Å². The summed E-state index contributed by atoms with van der Waals surface area (Å²) in [6.07, 6.45) is 0. The molecule has 30 heavy (non-hydrogen) atoms. The Bertz CT molecular complexity index is 1040. The van der Waals surface area contributed by atoms with Gasteiger partial charge in [0.2, 0.25) is 5.91 Å². The van der Waals surface area contributed by atoms with E-state index in [9.17, 15) is 14.4 Å². The van der Waals surface area contributed by atoms with Crippen LogP contribution in [-0.4, -0.2) is 30.0 Å².